The molecule has 0 fully saturated rings. The first kappa shape index (κ1) is 42.2. The second-order valence-electron chi connectivity index (χ2n) is 9.29. The highest BCUT2D eigenvalue weighted by molar-refractivity contribution is 5.00. The fraction of sp³-hybridized carbons (Fsp3) is 0.903. The Bertz CT molecular complexity index is 366. The van der Waals surface area contributed by atoms with Crippen molar-refractivity contribution in [2.24, 2.45) is 11.5 Å². The van der Waals surface area contributed by atoms with E-state index in [-0.39, 0.29) is 1.43 Å². The van der Waals surface area contributed by atoms with Crippen molar-refractivity contribution in [3.63, 3.8) is 0 Å². The number of allylic oxidation sites excluding steroid dienone is 2. The van der Waals surface area contributed by atoms with E-state index in [1.165, 1.54) is 96.0 Å². The zero-order valence-electron chi connectivity index (χ0n) is 25.5. The van der Waals surface area contributed by atoms with Gasteiger partial charge in [-0.25, -0.2) is 0 Å². The number of hydrogen-bond donors (Lipinski definition) is 4. The van der Waals surface area contributed by atoms with Crippen LogP contribution < -0.4 is 22.1 Å². The molecule has 0 saturated carbocycles. The Labute approximate surface area is 230 Å². The van der Waals surface area contributed by atoms with Crippen molar-refractivity contribution >= 4 is 0 Å². The van der Waals surface area contributed by atoms with Gasteiger partial charge >= 0.3 is 0 Å². The van der Waals surface area contributed by atoms with Crippen molar-refractivity contribution in [3.05, 3.63) is 12.2 Å². The maximum atomic E-state index is 7.96. The van der Waals surface area contributed by atoms with E-state index in [0.717, 1.165) is 58.5 Å². The number of nitriles is 1. The third-order valence-corrected chi connectivity index (χ3v) is 5.32. The number of rotatable bonds is 22. The van der Waals surface area contributed by atoms with Gasteiger partial charge in [-0.1, -0.05) is 118 Å². The summed E-state index contributed by atoms with van der Waals surface area (Å²) in [6.45, 7) is 17.1. The first-order valence-corrected chi connectivity index (χ1v) is 15.5. The highest BCUT2D eigenvalue weighted by atomic mass is 14.9. The summed E-state index contributed by atoms with van der Waals surface area (Å²) in [4.78, 5) is 0. The molecule has 0 unspecified atom stereocenters. The summed E-state index contributed by atoms with van der Waals surface area (Å²) in [6.07, 6.45) is 26.1. The lowest BCUT2D eigenvalue weighted by Gasteiger charge is -2.03. The quantitative estimate of drug-likeness (QED) is 0.0865. The van der Waals surface area contributed by atoms with Gasteiger partial charge in [-0.15, -0.1) is 0 Å². The summed E-state index contributed by atoms with van der Waals surface area (Å²) in [7, 11) is 0. The highest BCUT2D eigenvalue weighted by Gasteiger charge is 1.91. The average Bonchev–Trinajstić information content (AvgIpc) is 2.89. The number of nitrogens with two attached hydrogens (primary N) is 2. The van der Waals surface area contributed by atoms with Gasteiger partial charge in [0.15, 0.2) is 0 Å². The van der Waals surface area contributed by atoms with E-state index in [1.54, 1.807) is 0 Å². The van der Waals surface area contributed by atoms with Gasteiger partial charge in [-0.2, -0.15) is 5.26 Å². The van der Waals surface area contributed by atoms with Gasteiger partial charge in [0.05, 0.1) is 6.07 Å². The highest BCUT2D eigenvalue weighted by Crippen LogP contribution is 2.10. The third-order valence-electron chi connectivity index (χ3n) is 5.32. The van der Waals surface area contributed by atoms with E-state index in [1.807, 2.05) is 12.1 Å². The summed E-state index contributed by atoms with van der Waals surface area (Å²) in [6, 6.07) is 1.92. The molecule has 0 radical (unpaired) electrons. The molecule has 0 rings (SSSR count). The van der Waals surface area contributed by atoms with Crippen LogP contribution in [0.2, 0.25) is 0 Å². The van der Waals surface area contributed by atoms with E-state index < -0.39 is 0 Å². The molecule has 0 spiro atoms. The molecule has 0 aliphatic rings. The summed E-state index contributed by atoms with van der Waals surface area (Å²) in [5.74, 6) is 0. The molecular weight excluding hydrogens is 442 g/mol. The predicted molar refractivity (Wildman–Crippen MR) is 168 cm³/mol. The number of hydrogen-bond acceptors (Lipinski definition) is 5. The fourth-order valence-electron chi connectivity index (χ4n) is 3.10. The summed E-state index contributed by atoms with van der Waals surface area (Å²) in [5.41, 5.74) is 10.1. The van der Waals surface area contributed by atoms with Crippen LogP contribution in [0.5, 0.6) is 0 Å². The molecule has 220 valence electrons. The van der Waals surface area contributed by atoms with E-state index in [2.05, 4.69) is 45.3 Å². The van der Waals surface area contributed by atoms with Gasteiger partial charge in [-0.05, 0) is 71.4 Å². The van der Waals surface area contributed by atoms with E-state index >= 15 is 0 Å². The molecule has 0 aromatic rings. The molecule has 5 nitrogen and oxygen atoms in total. The molecule has 0 aliphatic carbocycles. The standard InChI is InChI=1S/C13H28.C9H22N2.C6H9N.C3H10N2.H2/c1-3-5-7-9-11-13-12-10-8-6-4-2;1-3-6-10-8-5-9-11-7-4-2;1-2-3-4-5-6-7;4-2-1-3-5;/h3-13H2,1-2H3;10-11H,3-9H2,1-2H3;4-5H,2-3H2,1H3;1-5H2;1H/b;;5-4+;;. The minimum absolute atomic E-state index is 0. The van der Waals surface area contributed by atoms with Crippen molar-refractivity contribution in [1.29, 1.82) is 5.26 Å². The molecule has 6 N–H and O–H groups in total. The molecule has 0 bridgehead atoms. The van der Waals surface area contributed by atoms with Crippen molar-refractivity contribution in [3.8, 4) is 6.07 Å². The lowest BCUT2D eigenvalue weighted by Crippen LogP contribution is -2.22. The summed E-state index contributed by atoms with van der Waals surface area (Å²) in [5, 5.41) is 14.7. The molecule has 0 heterocycles. The Morgan fingerprint density at radius 2 is 0.972 bits per heavy atom. The number of nitrogens with one attached hydrogen (secondary N) is 2. The fourth-order valence-corrected chi connectivity index (χ4v) is 3.10. The Balaban J connectivity index is -0.000000129. The van der Waals surface area contributed by atoms with Crippen LogP contribution in [0.25, 0.3) is 0 Å². The van der Waals surface area contributed by atoms with Crippen LogP contribution in [0.15, 0.2) is 12.2 Å². The van der Waals surface area contributed by atoms with Gasteiger partial charge in [-0.3, -0.25) is 0 Å². The van der Waals surface area contributed by atoms with Crippen molar-refractivity contribution in [1.82, 2.24) is 10.6 Å². The number of unbranched alkanes of at least 4 members (excludes halogenated alkanes) is 11. The maximum absolute atomic E-state index is 7.96. The minimum atomic E-state index is 0. The van der Waals surface area contributed by atoms with Crippen LogP contribution in [-0.2, 0) is 0 Å². The normalized spacial score (nSPS) is 9.94. The maximum Gasteiger partial charge on any atom is 0.0908 e. The van der Waals surface area contributed by atoms with Crippen LogP contribution in [0, 0.1) is 11.3 Å². The Morgan fingerprint density at radius 1 is 0.556 bits per heavy atom. The summed E-state index contributed by atoms with van der Waals surface area (Å²) < 4.78 is 0. The van der Waals surface area contributed by atoms with Crippen LogP contribution in [0.4, 0.5) is 0 Å². The van der Waals surface area contributed by atoms with Crippen LogP contribution in [0.1, 0.15) is 145 Å². The minimum Gasteiger partial charge on any atom is -0.330 e. The lowest BCUT2D eigenvalue weighted by molar-refractivity contribution is 0.554. The van der Waals surface area contributed by atoms with E-state index in [9.17, 15) is 0 Å². The van der Waals surface area contributed by atoms with Crippen molar-refractivity contribution < 1.29 is 1.43 Å². The average molecular weight is 514 g/mol. The van der Waals surface area contributed by atoms with Gasteiger partial charge in [0, 0.05) is 7.50 Å². The third kappa shape index (κ3) is 63.9. The Kier molecular flexibility index (Phi) is 59.6. The van der Waals surface area contributed by atoms with Crippen LogP contribution >= 0.6 is 0 Å². The van der Waals surface area contributed by atoms with Gasteiger partial charge < -0.3 is 22.1 Å². The van der Waals surface area contributed by atoms with E-state index in [4.69, 9.17) is 16.7 Å². The Hall–Kier alpha value is -0.930. The second-order valence-corrected chi connectivity index (χ2v) is 9.29. The molecule has 0 atom stereocenters. The molecule has 0 aromatic heterocycles. The van der Waals surface area contributed by atoms with Crippen LogP contribution in [0.3, 0.4) is 0 Å². The smallest absolute Gasteiger partial charge is 0.0908 e. The number of nitrogens with zero attached hydrogens (tertiary/aromatic N) is 1. The molecular formula is C31H71N5. The topological polar surface area (TPSA) is 99.9 Å². The molecule has 0 amide bonds. The molecule has 0 aromatic carbocycles. The second kappa shape index (κ2) is 50.8. The SMILES string of the molecule is CCC/C=C/C#N.CCCCCCCCCCCCC.CCCNCCCNCCC.NCCCN.[HH]. The molecule has 5 heteroatoms. The van der Waals surface area contributed by atoms with Crippen molar-refractivity contribution in [2.45, 2.75) is 144 Å². The van der Waals surface area contributed by atoms with Crippen LogP contribution in [-0.4, -0.2) is 39.3 Å². The lowest BCUT2D eigenvalue weighted by atomic mass is 10.1. The predicted octanol–water partition coefficient (Wildman–Crippen LogP) is 8.10. The molecule has 0 saturated heterocycles. The molecule has 36 heavy (non-hydrogen) atoms. The van der Waals surface area contributed by atoms with Gasteiger partial charge in [0.1, 0.15) is 0 Å². The largest absolute Gasteiger partial charge is 0.330 e. The first-order chi connectivity index (χ1) is 17.7. The van der Waals surface area contributed by atoms with E-state index in [0.29, 0.717) is 0 Å². The van der Waals surface area contributed by atoms with Gasteiger partial charge in [0.2, 0.25) is 0 Å². The Morgan fingerprint density at radius 3 is 1.25 bits per heavy atom. The zero-order valence-corrected chi connectivity index (χ0v) is 25.5. The van der Waals surface area contributed by atoms with Crippen molar-refractivity contribution in [2.75, 3.05) is 39.3 Å². The first-order valence-electron chi connectivity index (χ1n) is 15.5. The summed E-state index contributed by atoms with van der Waals surface area (Å²) >= 11 is 0. The zero-order chi connectivity index (χ0) is 27.8. The monoisotopic (exact) mass is 514 g/mol. The van der Waals surface area contributed by atoms with Gasteiger partial charge in [0.25, 0.3) is 0 Å². The molecule has 0 aliphatic heterocycles.